The molecular formula is C9H21NO2S. The summed E-state index contributed by atoms with van der Waals surface area (Å²) in [5.41, 5.74) is 0. The maximum absolute atomic E-state index is 11.2. The average molecular weight is 207 g/mol. The number of rotatable bonds is 6. The minimum atomic E-state index is -2.98. The third-order valence-electron chi connectivity index (χ3n) is 2.01. The second-order valence-electron chi connectivity index (χ2n) is 3.79. The Morgan fingerprint density at radius 3 is 2.15 bits per heavy atom. The van der Waals surface area contributed by atoms with E-state index in [0.29, 0.717) is 19.0 Å². The molecule has 0 radical (unpaired) electrons. The summed E-state index contributed by atoms with van der Waals surface area (Å²) < 4.78 is 23.9. The molecule has 0 aromatic rings. The lowest BCUT2D eigenvalue weighted by atomic mass is 10.1. The molecular weight excluding hydrogens is 186 g/mol. The molecule has 0 aromatic carbocycles. The van der Waals surface area contributed by atoms with Gasteiger partial charge in [-0.05, 0) is 18.8 Å². The number of hydrogen-bond donors (Lipinski definition) is 0. The summed E-state index contributed by atoms with van der Waals surface area (Å²) in [6.45, 7) is 7.41. The van der Waals surface area contributed by atoms with Crippen LogP contribution in [0.25, 0.3) is 0 Å². The summed E-state index contributed by atoms with van der Waals surface area (Å²) in [4.78, 5) is 0. The van der Waals surface area contributed by atoms with Gasteiger partial charge in [-0.25, -0.2) is 12.7 Å². The maximum Gasteiger partial charge on any atom is 0.211 e. The highest BCUT2D eigenvalue weighted by molar-refractivity contribution is 7.88. The number of hydrogen-bond acceptors (Lipinski definition) is 2. The Kier molecular flexibility index (Phi) is 5.56. The molecule has 0 aliphatic rings. The lowest BCUT2D eigenvalue weighted by Crippen LogP contribution is -2.30. The van der Waals surface area contributed by atoms with Crippen LogP contribution in [0.4, 0.5) is 0 Å². The van der Waals surface area contributed by atoms with Crippen LogP contribution >= 0.6 is 0 Å². The molecule has 0 spiro atoms. The topological polar surface area (TPSA) is 37.4 Å². The van der Waals surface area contributed by atoms with Crippen molar-refractivity contribution in [2.75, 3.05) is 19.3 Å². The van der Waals surface area contributed by atoms with Crippen molar-refractivity contribution in [2.45, 2.75) is 33.6 Å². The molecule has 80 valence electrons. The molecule has 0 heterocycles. The van der Waals surface area contributed by atoms with Gasteiger partial charge in [0.2, 0.25) is 10.0 Å². The lowest BCUT2D eigenvalue weighted by molar-refractivity contribution is 0.403. The van der Waals surface area contributed by atoms with E-state index in [2.05, 4.69) is 13.8 Å². The molecule has 3 nitrogen and oxygen atoms in total. The summed E-state index contributed by atoms with van der Waals surface area (Å²) in [6, 6.07) is 0. The molecule has 13 heavy (non-hydrogen) atoms. The minimum absolute atomic E-state index is 0.580. The first-order valence-electron chi connectivity index (χ1n) is 4.83. The molecule has 0 saturated heterocycles. The molecule has 0 N–H and O–H groups in total. The summed E-state index contributed by atoms with van der Waals surface area (Å²) in [5.74, 6) is 0.651. The molecule has 0 amide bonds. The van der Waals surface area contributed by atoms with Gasteiger partial charge in [0.05, 0.1) is 6.26 Å². The molecule has 4 heteroatoms. The van der Waals surface area contributed by atoms with Gasteiger partial charge in [0.15, 0.2) is 0 Å². The van der Waals surface area contributed by atoms with Gasteiger partial charge in [-0.1, -0.05) is 20.8 Å². The van der Waals surface area contributed by atoms with Crippen molar-refractivity contribution in [3.8, 4) is 0 Å². The Hall–Kier alpha value is -0.0900. The Morgan fingerprint density at radius 1 is 1.31 bits per heavy atom. The van der Waals surface area contributed by atoms with Crippen LogP contribution in [0.15, 0.2) is 0 Å². The highest BCUT2D eigenvalue weighted by Crippen LogP contribution is 2.06. The van der Waals surface area contributed by atoms with Crippen LogP contribution in [0.3, 0.4) is 0 Å². The Bertz CT molecular complexity index is 222. The monoisotopic (exact) mass is 207 g/mol. The van der Waals surface area contributed by atoms with E-state index in [1.807, 2.05) is 6.92 Å². The van der Waals surface area contributed by atoms with Crippen LogP contribution < -0.4 is 0 Å². The molecule has 0 saturated carbocycles. The zero-order chi connectivity index (χ0) is 10.5. The van der Waals surface area contributed by atoms with Crippen LogP contribution in [-0.4, -0.2) is 32.1 Å². The summed E-state index contributed by atoms with van der Waals surface area (Å²) >= 11 is 0. The van der Waals surface area contributed by atoms with Crippen LogP contribution in [0.1, 0.15) is 33.6 Å². The average Bonchev–Trinajstić information content (AvgIpc) is 1.95. The number of nitrogens with zero attached hydrogens (tertiary/aromatic N) is 1. The van der Waals surface area contributed by atoms with Crippen LogP contribution in [0.5, 0.6) is 0 Å². The fourth-order valence-corrected chi connectivity index (χ4v) is 2.16. The largest absolute Gasteiger partial charge is 0.213 e. The molecule has 0 fully saturated rings. The minimum Gasteiger partial charge on any atom is -0.213 e. The lowest BCUT2D eigenvalue weighted by Gasteiger charge is -2.17. The summed E-state index contributed by atoms with van der Waals surface area (Å²) in [6.07, 6.45) is 3.32. The van der Waals surface area contributed by atoms with Crippen molar-refractivity contribution in [1.29, 1.82) is 0 Å². The molecule has 0 aliphatic heterocycles. The summed E-state index contributed by atoms with van der Waals surface area (Å²) in [7, 11) is -2.98. The Morgan fingerprint density at radius 2 is 1.85 bits per heavy atom. The van der Waals surface area contributed by atoms with Gasteiger partial charge >= 0.3 is 0 Å². The molecule has 0 bridgehead atoms. The van der Waals surface area contributed by atoms with Gasteiger partial charge in [-0.2, -0.15) is 0 Å². The van der Waals surface area contributed by atoms with Crippen LogP contribution in [0, 0.1) is 5.92 Å². The van der Waals surface area contributed by atoms with Gasteiger partial charge < -0.3 is 0 Å². The van der Waals surface area contributed by atoms with E-state index < -0.39 is 10.0 Å². The van der Waals surface area contributed by atoms with E-state index in [1.165, 1.54) is 10.6 Å². The highest BCUT2D eigenvalue weighted by atomic mass is 32.2. The molecule has 0 unspecified atom stereocenters. The van der Waals surface area contributed by atoms with Gasteiger partial charge in [-0.15, -0.1) is 0 Å². The van der Waals surface area contributed by atoms with Crippen molar-refractivity contribution < 1.29 is 8.42 Å². The molecule has 0 rings (SSSR count). The first-order chi connectivity index (χ1) is 5.88. The summed E-state index contributed by atoms with van der Waals surface area (Å²) in [5, 5.41) is 0. The SMILES string of the molecule is CCN(CCCC(C)C)S(C)(=O)=O. The van der Waals surface area contributed by atoms with Gasteiger partial charge in [0.25, 0.3) is 0 Å². The third kappa shape index (κ3) is 6.05. The van der Waals surface area contributed by atoms with Crippen molar-refractivity contribution in [2.24, 2.45) is 5.92 Å². The van der Waals surface area contributed by atoms with E-state index in [0.717, 1.165) is 12.8 Å². The number of sulfonamides is 1. The highest BCUT2D eigenvalue weighted by Gasteiger charge is 2.13. The van der Waals surface area contributed by atoms with E-state index in [-0.39, 0.29) is 0 Å². The van der Waals surface area contributed by atoms with Crippen molar-refractivity contribution in [3.05, 3.63) is 0 Å². The predicted octanol–water partition coefficient (Wildman–Crippen LogP) is 1.70. The van der Waals surface area contributed by atoms with E-state index in [4.69, 9.17) is 0 Å². The zero-order valence-electron chi connectivity index (χ0n) is 9.08. The van der Waals surface area contributed by atoms with Crippen molar-refractivity contribution in [3.63, 3.8) is 0 Å². The van der Waals surface area contributed by atoms with E-state index in [1.54, 1.807) is 0 Å². The van der Waals surface area contributed by atoms with E-state index in [9.17, 15) is 8.42 Å². The van der Waals surface area contributed by atoms with Gasteiger partial charge in [0.1, 0.15) is 0 Å². The third-order valence-corrected chi connectivity index (χ3v) is 3.39. The standard InChI is InChI=1S/C9H21NO2S/c1-5-10(13(4,11)12)8-6-7-9(2)3/h9H,5-8H2,1-4H3. The second-order valence-corrected chi connectivity index (χ2v) is 5.77. The van der Waals surface area contributed by atoms with E-state index >= 15 is 0 Å². The quantitative estimate of drug-likeness (QED) is 0.665. The maximum atomic E-state index is 11.2. The smallest absolute Gasteiger partial charge is 0.211 e. The van der Waals surface area contributed by atoms with Gasteiger partial charge in [-0.3, -0.25) is 0 Å². The van der Waals surface area contributed by atoms with Crippen molar-refractivity contribution in [1.82, 2.24) is 4.31 Å². The van der Waals surface area contributed by atoms with Crippen LogP contribution in [0.2, 0.25) is 0 Å². The zero-order valence-corrected chi connectivity index (χ0v) is 9.89. The normalized spacial score (nSPS) is 12.8. The molecule has 0 aliphatic carbocycles. The van der Waals surface area contributed by atoms with Crippen molar-refractivity contribution >= 4 is 10.0 Å². The Labute approximate surface area is 82.2 Å². The predicted molar refractivity (Wildman–Crippen MR) is 56.2 cm³/mol. The second kappa shape index (κ2) is 5.60. The fourth-order valence-electron chi connectivity index (χ4n) is 1.23. The van der Waals surface area contributed by atoms with Crippen LogP contribution in [-0.2, 0) is 10.0 Å². The van der Waals surface area contributed by atoms with Gasteiger partial charge in [0, 0.05) is 13.1 Å². The Balaban J connectivity index is 3.88. The fraction of sp³-hybridized carbons (Fsp3) is 1.00. The molecule has 0 atom stereocenters. The first kappa shape index (κ1) is 12.9. The first-order valence-corrected chi connectivity index (χ1v) is 6.67. The molecule has 0 aromatic heterocycles.